The first-order valence-electron chi connectivity index (χ1n) is 6.28. The van der Waals surface area contributed by atoms with Gasteiger partial charge < -0.3 is 5.32 Å². The van der Waals surface area contributed by atoms with Gasteiger partial charge in [-0.25, -0.2) is 9.97 Å². The molecule has 0 unspecified atom stereocenters. The Bertz CT molecular complexity index is 816. The molecule has 1 aromatic heterocycles. The number of aromatic nitrogens is 2. The molecule has 112 valence electrons. The van der Waals surface area contributed by atoms with E-state index in [-0.39, 0.29) is 0 Å². The van der Waals surface area contributed by atoms with E-state index < -0.39 is 11.7 Å². The number of alkyl halides is 3. The second-order valence-electron chi connectivity index (χ2n) is 4.58. The quantitative estimate of drug-likeness (QED) is 0.680. The summed E-state index contributed by atoms with van der Waals surface area (Å²) < 4.78 is 38.5. The van der Waals surface area contributed by atoms with Crippen LogP contribution in [0.15, 0.2) is 53.3 Å². The molecule has 0 aliphatic carbocycles. The zero-order valence-corrected chi connectivity index (χ0v) is 12.6. The summed E-state index contributed by atoms with van der Waals surface area (Å²) in [5, 5.41) is 3.79. The van der Waals surface area contributed by atoms with Gasteiger partial charge in [-0.1, -0.05) is 15.9 Å². The molecule has 2 aromatic carbocycles. The molecule has 1 heterocycles. The Morgan fingerprint density at radius 3 is 2.36 bits per heavy atom. The van der Waals surface area contributed by atoms with Crippen molar-refractivity contribution in [2.24, 2.45) is 0 Å². The van der Waals surface area contributed by atoms with Crippen LogP contribution in [-0.2, 0) is 6.18 Å². The maximum atomic E-state index is 12.5. The van der Waals surface area contributed by atoms with E-state index in [1.807, 2.05) is 18.2 Å². The Kier molecular flexibility index (Phi) is 3.74. The smallest absolute Gasteiger partial charge is 0.340 e. The average molecular weight is 368 g/mol. The van der Waals surface area contributed by atoms with E-state index in [0.717, 1.165) is 27.5 Å². The highest BCUT2D eigenvalue weighted by Gasteiger charge is 2.29. The molecule has 7 heteroatoms. The van der Waals surface area contributed by atoms with Crippen molar-refractivity contribution in [3.8, 4) is 0 Å². The van der Waals surface area contributed by atoms with Crippen molar-refractivity contribution in [2.45, 2.75) is 6.18 Å². The number of anilines is 2. The minimum Gasteiger partial charge on any atom is -0.340 e. The highest BCUT2D eigenvalue weighted by Crippen LogP contribution is 2.31. The number of rotatable bonds is 2. The molecule has 3 aromatic rings. The number of hydrogen-bond acceptors (Lipinski definition) is 3. The van der Waals surface area contributed by atoms with Crippen LogP contribution in [0.25, 0.3) is 10.9 Å². The standard InChI is InChI=1S/C15H9BrF3N3/c16-10-3-6-12-13(7-10)20-8-21-14(12)22-11-4-1-9(2-5-11)15(17,18)19/h1-8H,(H,20,21,22). The van der Waals surface area contributed by atoms with Crippen LogP contribution in [0.3, 0.4) is 0 Å². The molecule has 0 aliphatic heterocycles. The maximum absolute atomic E-state index is 12.5. The minimum absolute atomic E-state index is 0.524. The van der Waals surface area contributed by atoms with Gasteiger partial charge in [-0.3, -0.25) is 0 Å². The monoisotopic (exact) mass is 367 g/mol. The summed E-state index contributed by atoms with van der Waals surface area (Å²) in [6.45, 7) is 0. The van der Waals surface area contributed by atoms with Gasteiger partial charge in [0.1, 0.15) is 12.1 Å². The molecular weight excluding hydrogens is 359 g/mol. The number of halogens is 4. The lowest BCUT2D eigenvalue weighted by molar-refractivity contribution is -0.137. The maximum Gasteiger partial charge on any atom is 0.416 e. The van der Waals surface area contributed by atoms with Gasteiger partial charge in [-0.2, -0.15) is 13.2 Å². The number of benzene rings is 2. The van der Waals surface area contributed by atoms with Crippen molar-refractivity contribution in [2.75, 3.05) is 5.32 Å². The van der Waals surface area contributed by atoms with Crippen LogP contribution < -0.4 is 5.32 Å². The van der Waals surface area contributed by atoms with E-state index in [9.17, 15) is 13.2 Å². The minimum atomic E-state index is -4.34. The zero-order chi connectivity index (χ0) is 15.7. The molecule has 0 fully saturated rings. The van der Waals surface area contributed by atoms with Crippen molar-refractivity contribution in [1.29, 1.82) is 0 Å². The predicted octanol–water partition coefficient (Wildman–Crippen LogP) is 5.15. The third-order valence-corrected chi connectivity index (χ3v) is 3.57. The average Bonchev–Trinajstić information content (AvgIpc) is 2.47. The Hall–Kier alpha value is -2.15. The fourth-order valence-electron chi connectivity index (χ4n) is 2.01. The van der Waals surface area contributed by atoms with Crippen LogP contribution in [0.1, 0.15) is 5.56 Å². The predicted molar refractivity (Wildman–Crippen MR) is 82.0 cm³/mol. The Labute approximate surface area is 132 Å². The summed E-state index contributed by atoms with van der Waals surface area (Å²) in [6.07, 6.45) is -2.94. The highest BCUT2D eigenvalue weighted by atomic mass is 79.9. The molecule has 3 rings (SSSR count). The van der Waals surface area contributed by atoms with Crippen molar-refractivity contribution in [1.82, 2.24) is 9.97 Å². The number of hydrogen-bond donors (Lipinski definition) is 1. The Morgan fingerprint density at radius 1 is 0.955 bits per heavy atom. The fourth-order valence-corrected chi connectivity index (χ4v) is 2.36. The van der Waals surface area contributed by atoms with Gasteiger partial charge in [-0.15, -0.1) is 0 Å². The normalized spacial score (nSPS) is 11.6. The lowest BCUT2D eigenvalue weighted by Gasteiger charge is -2.10. The third-order valence-electron chi connectivity index (χ3n) is 3.07. The Balaban J connectivity index is 1.93. The first-order valence-corrected chi connectivity index (χ1v) is 7.07. The van der Waals surface area contributed by atoms with E-state index in [1.54, 1.807) is 0 Å². The fraction of sp³-hybridized carbons (Fsp3) is 0.0667. The second-order valence-corrected chi connectivity index (χ2v) is 5.50. The van der Waals surface area contributed by atoms with Crippen LogP contribution in [0, 0.1) is 0 Å². The highest BCUT2D eigenvalue weighted by molar-refractivity contribution is 9.10. The molecule has 0 saturated heterocycles. The molecule has 0 atom stereocenters. The molecule has 22 heavy (non-hydrogen) atoms. The van der Waals surface area contributed by atoms with Crippen LogP contribution >= 0.6 is 15.9 Å². The number of nitrogens with zero attached hydrogens (tertiary/aromatic N) is 2. The zero-order valence-electron chi connectivity index (χ0n) is 11.0. The first-order chi connectivity index (χ1) is 10.4. The van der Waals surface area contributed by atoms with E-state index in [4.69, 9.17) is 0 Å². The number of fused-ring (bicyclic) bond motifs is 1. The number of nitrogens with one attached hydrogen (secondary N) is 1. The van der Waals surface area contributed by atoms with Gasteiger partial charge in [0.25, 0.3) is 0 Å². The summed E-state index contributed by atoms with van der Waals surface area (Å²) in [5.41, 5.74) is 0.573. The molecule has 0 saturated carbocycles. The van der Waals surface area contributed by atoms with Crippen LogP contribution in [-0.4, -0.2) is 9.97 Å². The van der Waals surface area contributed by atoms with Crippen LogP contribution in [0.2, 0.25) is 0 Å². The molecule has 3 nitrogen and oxygen atoms in total. The summed E-state index contributed by atoms with van der Waals surface area (Å²) in [7, 11) is 0. The van der Waals surface area contributed by atoms with Crippen molar-refractivity contribution < 1.29 is 13.2 Å². The van der Waals surface area contributed by atoms with E-state index in [1.165, 1.54) is 18.5 Å². The summed E-state index contributed by atoms with van der Waals surface area (Å²) in [6, 6.07) is 10.3. The topological polar surface area (TPSA) is 37.8 Å². The molecule has 0 amide bonds. The largest absolute Gasteiger partial charge is 0.416 e. The van der Waals surface area contributed by atoms with Gasteiger partial charge in [0.15, 0.2) is 0 Å². The van der Waals surface area contributed by atoms with Crippen LogP contribution in [0.5, 0.6) is 0 Å². The molecule has 0 bridgehead atoms. The summed E-state index contributed by atoms with van der Waals surface area (Å²) in [4.78, 5) is 8.30. The summed E-state index contributed by atoms with van der Waals surface area (Å²) >= 11 is 3.36. The molecule has 1 N–H and O–H groups in total. The molecular formula is C15H9BrF3N3. The van der Waals surface area contributed by atoms with E-state index >= 15 is 0 Å². The van der Waals surface area contributed by atoms with Crippen molar-refractivity contribution >= 4 is 38.3 Å². The lowest BCUT2D eigenvalue weighted by Crippen LogP contribution is -2.04. The summed E-state index contributed by atoms with van der Waals surface area (Å²) in [5.74, 6) is 0.539. The van der Waals surface area contributed by atoms with Crippen molar-refractivity contribution in [3.63, 3.8) is 0 Å². The first kappa shape index (κ1) is 14.8. The van der Waals surface area contributed by atoms with Gasteiger partial charge in [-0.05, 0) is 42.5 Å². The van der Waals surface area contributed by atoms with E-state index in [2.05, 4.69) is 31.2 Å². The SMILES string of the molecule is FC(F)(F)c1ccc(Nc2ncnc3cc(Br)ccc23)cc1. The van der Waals surface area contributed by atoms with Gasteiger partial charge in [0, 0.05) is 15.5 Å². The Morgan fingerprint density at radius 2 is 1.68 bits per heavy atom. The molecule has 0 spiro atoms. The van der Waals surface area contributed by atoms with Crippen LogP contribution in [0.4, 0.5) is 24.7 Å². The molecule has 0 aliphatic rings. The van der Waals surface area contributed by atoms with Gasteiger partial charge in [0.05, 0.1) is 11.1 Å². The van der Waals surface area contributed by atoms with Gasteiger partial charge in [0.2, 0.25) is 0 Å². The molecule has 0 radical (unpaired) electrons. The lowest BCUT2D eigenvalue weighted by atomic mass is 10.2. The van der Waals surface area contributed by atoms with E-state index in [0.29, 0.717) is 11.5 Å². The third kappa shape index (κ3) is 3.04. The van der Waals surface area contributed by atoms with Crippen molar-refractivity contribution in [3.05, 3.63) is 58.8 Å². The van der Waals surface area contributed by atoms with Gasteiger partial charge >= 0.3 is 6.18 Å². The second kappa shape index (κ2) is 5.57.